The van der Waals surface area contributed by atoms with Crippen molar-refractivity contribution >= 4 is 11.9 Å². The summed E-state index contributed by atoms with van der Waals surface area (Å²) in [5.41, 5.74) is 2.80. The van der Waals surface area contributed by atoms with Gasteiger partial charge in [0.2, 0.25) is 5.95 Å². The van der Waals surface area contributed by atoms with Crippen LogP contribution >= 0.6 is 0 Å². The van der Waals surface area contributed by atoms with Gasteiger partial charge in [-0.05, 0) is 42.7 Å². The minimum Gasteiger partial charge on any atom is -0.383 e. The first kappa shape index (κ1) is 20.2. The number of nitrogens with zero attached hydrogens (tertiary/aromatic N) is 5. The lowest BCUT2D eigenvalue weighted by Gasteiger charge is -2.20. The molecule has 2 heterocycles. The SMILES string of the molecule is COCCn1c(-c2cccn2C)nnc1N(C)Cc1ccc(C(=O)NC2CC2)cc1. The Kier molecular flexibility index (Phi) is 5.85. The third-order valence-corrected chi connectivity index (χ3v) is 5.31. The number of amides is 1. The quantitative estimate of drug-likeness (QED) is 0.589. The van der Waals surface area contributed by atoms with Gasteiger partial charge in [-0.1, -0.05) is 12.1 Å². The number of rotatable bonds is 9. The Morgan fingerprint density at radius 2 is 2.00 bits per heavy atom. The van der Waals surface area contributed by atoms with E-state index in [1.165, 1.54) is 0 Å². The maximum atomic E-state index is 12.2. The second kappa shape index (κ2) is 8.71. The van der Waals surface area contributed by atoms with Crippen LogP contribution < -0.4 is 10.2 Å². The third kappa shape index (κ3) is 4.38. The summed E-state index contributed by atoms with van der Waals surface area (Å²) in [6.07, 6.45) is 4.17. The van der Waals surface area contributed by atoms with E-state index in [0.717, 1.165) is 35.9 Å². The Hall–Kier alpha value is -3.13. The molecule has 1 amide bonds. The largest absolute Gasteiger partial charge is 0.383 e. The molecule has 30 heavy (non-hydrogen) atoms. The first-order chi connectivity index (χ1) is 14.6. The fourth-order valence-corrected chi connectivity index (χ4v) is 3.45. The molecule has 1 aromatic carbocycles. The first-order valence-electron chi connectivity index (χ1n) is 10.2. The molecule has 0 unspecified atom stereocenters. The van der Waals surface area contributed by atoms with Crippen LogP contribution in [-0.2, 0) is 24.9 Å². The summed E-state index contributed by atoms with van der Waals surface area (Å²) >= 11 is 0. The molecule has 2 aromatic heterocycles. The van der Waals surface area contributed by atoms with E-state index in [0.29, 0.717) is 31.3 Å². The topological polar surface area (TPSA) is 77.2 Å². The monoisotopic (exact) mass is 408 g/mol. The van der Waals surface area contributed by atoms with Gasteiger partial charge < -0.3 is 19.5 Å². The number of aromatic nitrogens is 4. The van der Waals surface area contributed by atoms with Crippen molar-refractivity contribution in [1.29, 1.82) is 0 Å². The summed E-state index contributed by atoms with van der Waals surface area (Å²) in [7, 11) is 5.68. The Bertz CT molecular complexity index is 1000. The highest BCUT2D eigenvalue weighted by Crippen LogP contribution is 2.24. The molecule has 0 saturated heterocycles. The van der Waals surface area contributed by atoms with Crippen LogP contribution in [0.1, 0.15) is 28.8 Å². The smallest absolute Gasteiger partial charge is 0.251 e. The van der Waals surface area contributed by atoms with E-state index in [9.17, 15) is 4.79 Å². The van der Waals surface area contributed by atoms with E-state index in [1.54, 1.807) is 7.11 Å². The summed E-state index contributed by atoms with van der Waals surface area (Å²) in [6.45, 7) is 1.88. The molecule has 3 aromatic rings. The minimum atomic E-state index is 0.00363. The van der Waals surface area contributed by atoms with E-state index in [-0.39, 0.29) is 5.91 Å². The Labute approximate surface area is 176 Å². The van der Waals surface area contributed by atoms with Crippen LogP contribution in [-0.4, -0.2) is 52.0 Å². The number of benzene rings is 1. The van der Waals surface area contributed by atoms with Gasteiger partial charge in [0.15, 0.2) is 5.82 Å². The lowest BCUT2D eigenvalue weighted by Crippen LogP contribution is -2.25. The van der Waals surface area contributed by atoms with Crippen molar-refractivity contribution in [3.8, 4) is 11.5 Å². The number of anilines is 1. The molecule has 8 nitrogen and oxygen atoms in total. The van der Waals surface area contributed by atoms with E-state index >= 15 is 0 Å². The maximum absolute atomic E-state index is 12.2. The van der Waals surface area contributed by atoms with Crippen LogP contribution in [0.25, 0.3) is 11.5 Å². The molecule has 1 saturated carbocycles. The molecule has 0 atom stereocenters. The van der Waals surface area contributed by atoms with Gasteiger partial charge >= 0.3 is 0 Å². The van der Waals surface area contributed by atoms with Crippen molar-refractivity contribution in [2.24, 2.45) is 7.05 Å². The number of hydrogen-bond donors (Lipinski definition) is 1. The van der Waals surface area contributed by atoms with E-state index < -0.39 is 0 Å². The molecule has 1 fully saturated rings. The molecule has 0 radical (unpaired) electrons. The zero-order chi connectivity index (χ0) is 21.1. The summed E-state index contributed by atoms with van der Waals surface area (Å²) in [6, 6.07) is 12.1. The molecule has 1 N–H and O–H groups in total. The normalized spacial score (nSPS) is 13.4. The summed E-state index contributed by atoms with van der Waals surface area (Å²) in [5, 5.41) is 11.9. The average molecular weight is 409 g/mol. The highest BCUT2D eigenvalue weighted by molar-refractivity contribution is 5.94. The van der Waals surface area contributed by atoms with Crippen LogP contribution in [0.5, 0.6) is 0 Å². The number of aryl methyl sites for hydroxylation is 1. The predicted molar refractivity (Wildman–Crippen MR) is 115 cm³/mol. The highest BCUT2D eigenvalue weighted by Gasteiger charge is 2.24. The molecule has 0 bridgehead atoms. The van der Waals surface area contributed by atoms with Crippen molar-refractivity contribution in [1.82, 2.24) is 24.6 Å². The predicted octanol–water partition coefficient (Wildman–Crippen LogP) is 2.46. The second-order valence-electron chi connectivity index (χ2n) is 7.77. The van der Waals surface area contributed by atoms with Crippen LogP contribution in [0.3, 0.4) is 0 Å². The van der Waals surface area contributed by atoms with Crippen LogP contribution in [0.2, 0.25) is 0 Å². The molecular formula is C22H28N6O2. The number of hydrogen-bond acceptors (Lipinski definition) is 5. The lowest BCUT2D eigenvalue weighted by molar-refractivity contribution is 0.0951. The van der Waals surface area contributed by atoms with E-state index in [1.807, 2.05) is 61.3 Å². The van der Waals surface area contributed by atoms with Gasteiger partial charge in [0.1, 0.15) is 0 Å². The summed E-state index contributed by atoms with van der Waals surface area (Å²) in [5.74, 6) is 1.59. The number of methoxy groups -OCH3 is 1. The standard InChI is InChI=1S/C22H28N6O2/c1-26-12-4-5-19(26)20-24-25-22(28(20)13-14-30-3)27(2)15-16-6-8-17(9-7-16)21(29)23-18-10-11-18/h4-9,12,18H,10-11,13-15H2,1-3H3,(H,23,29). The first-order valence-corrected chi connectivity index (χ1v) is 10.2. The summed E-state index contributed by atoms with van der Waals surface area (Å²) < 4.78 is 9.41. The van der Waals surface area contributed by atoms with Gasteiger partial charge in [0.25, 0.3) is 5.91 Å². The maximum Gasteiger partial charge on any atom is 0.251 e. The van der Waals surface area contributed by atoms with Crippen molar-refractivity contribution in [2.45, 2.75) is 32.0 Å². The Morgan fingerprint density at radius 3 is 2.63 bits per heavy atom. The Balaban J connectivity index is 1.51. The number of carbonyl (C=O) groups is 1. The van der Waals surface area contributed by atoms with Crippen LogP contribution in [0.15, 0.2) is 42.6 Å². The minimum absolute atomic E-state index is 0.00363. The van der Waals surface area contributed by atoms with Crippen LogP contribution in [0, 0.1) is 0 Å². The van der Waals surface area contributed by atoms with Gasteiger partial charge in [0, 0.05) is 45.6 Å². The lowest BCUT2D eigenvalue weighted by atomic mass is 10.1. The summed E-state index contributed by atoms with van der Waals surface area (Å²) in [4.78, 5) is 14.2. The molecular weight excluding hydrogens is 380 g/mol. The van der Waals surface area contributed by atoms with Crippen molar-refractivity contribution in [3.63, 3.8) is 0 Å². The molecule has 158 valence electrons. The molecule has 0 aliphatic heterocycles. The van der Waals surface area contributed by atoms with Gasteiger partial charge in [-0.3, -0.25) is 9.36 Å². The Morgan fingerprint density at radius 1 is 1.23 bits per heavy atom. The van der Waals surface area contributed by atoms with Gasteiger partial charge in [0.05, 0.1) is 18.8 Å². The third-order valence-electron chi connectivity index (χ3n) is 5.31. The molecule has 4 rings (SSSR count). The zero-order valence-corrected chi connectivity index (χ0v) is 17.7. The van der Waals surface area contributed by atoms with Gasteiger partial charge in [-0.15, -0.1) is 10.2 Å². The molecule has 8 heteroatoms. The van der Waals surface area contributed by atoms with E-state index in [4.69, 9.17) is 4.74 Å². The number of ether oxygens (including phenoxy) is 1. The van der Waals surface area contributed by atoms with Crippen molar-refractivity contribution in [2.75, 3.05) is 25.7 Å². The number of carbonyl (C=O) groups excluding carboxylic acids is 1. The highest BCUT2D eigenvalue weighted by atomic mass is 16.5. The van der Waals surface area contributed by atoms with Gasteiger partial charge in [-0.25, -0.2) is 0 Å². The van der Waals surface area contributed by atoms with Gasteiger partial charge in [-0.2, -0.15) is 0 Å². The fraction of sp³-hybridized carbons (Fsp3) is 0.409. The number of nitrogens with one attached hydrogen (secondary N) is 1. The average Bonchev–Trinajstić information content (AvgIpc) is 3.29. The zero-order valence-electron chi connectivity index (χ0n) is 17.7. The second-order valence-corrected chi connectivity index (χ2v) is 7.77. The van der Waals surface area contributed by atoms with E-state index in [2.05, 4.69) is 25.0 Å². The fourth-order valence-electron chi connectivity index (χ4n) is 3.45. The molecule has 0 spiro atoms. The van der Waals surface area contributed by atoms with Crippen molar-refractivity contribution in [3.05, 3.63) is 53.7 Å². The molecule has 1 aliphatic carbocycles. The van der Waals surface area contributed by atoms with Crippen LogP contribution in [0.4, 0.5) is 5.95 Å². The van der Waals surface area contributed by atoms with Crippen molar-refractivity contribution < 1.29 is 9.53 Å². The molecule has 1 aliphatic rings.